The molecule has 0 fully saturated rings. The molecule has 1 amide bonds. The zero-order chi connectivity index (χ0) is 17.6. The minimum Gasteiger partial charge on any atom is -0.469 e. The van der Waals surface area contributed by atoms with Gasteiger partial charge in [0.15, 0.2) is 0 Å². The van der Waals surface area contributed by atoms with E-state index in [9.17, 15) is 14.8 Å². The summed E-state index contributed by atoms with van der Waals surface area (Å²) in [6.45, 7) is 12.5. The number of hydrogen-bond donors (Lipinski definition) is 1. The second-order valence-electron chi connectivity index (χ2n) is 7.01. The van der Waals surface area contributed by atoms with Crippen molar-refractivity contribution in [3.8, 4) is 0 Å². The summed E-state index contributed by atoms with van der Waals surface area (Å²) in [6.07, 6.45) is 2.32. The van der Waals surface area contributed by atoms with Gasteiger partial charge in [-0.25, -0.2) is 5.06 Å². The second-order valence-corrected chi connectivity index (χ2v) is 7.01. The number of hydroxylamine groups is 2. The van der Waals surface area contributed by atoms with Crippen LogP contribution < -0.4 is 0 Å². The average molecular weight is 315 g/mol. The maximum atomic E-state index is 12.6. The molecular formula is C17H33NO4. The summed E-state index contributed by atoms with van der Waals surface area (Å²) >= 11 is 0. The summed E-state index contributed by atoms with van der Waals surface area (Å²) < 4.78 is 4.53. The van der Waals surface area contributed by atoms with Crippen molar-refractivity contribution in [1.82, 2.24) is 5.06 Å². The molecule has 5 heteroatoms. The standard InChI is InChI=1S/C17H33NO4/c1-8-16(5,13(3)4)12-17(6,9-2)15(20)18(21)11-10-14(19)22-7/h13,21H,8-12H2,1-7H3. The molecule has 5 nitrogen and oxygen atoms in total. The van der Waals surface area contributed by atoms with Gasteiger partial charge in [0.2, 0.25) is 0 Å². The maximum absolute atomic E-state index is 12.6. The summed E-state index contributed by atoms with van der Waals surface area (Å²) in [6, 6.07) is 0. The number of ether oxygens (including phenoxy) is 1. The van der Waals surface area contributed by atoms with Crippen LogP contribution in [0.3, 0.4) is 0 Å². The highest BCUT2D eigenvalue weighted by Crippen LogP contribution is 2.44. The molecule has 22 heavy (non-hydrogen) atoms. The molecule has 2 unspecified atom stereocenters. The van der Waals surface area contributed by atoms with Crippen LogP contribution in [0.4, 0.5) is 0 Å². The van der Waals surface area contributed by atoms with Crippen molar-refractivity contribution in [2.75, 3.05) is 13.7 Å². The van der Waals surface area contributed by atoms with E-state index in [0.29, 0.717) is 23.8 Å². The lowest BCUT2D eigenvalue weighted by molar-refractivity contribution is -0.180. The zero-order valence-electron chi connectivity index (χ0n) is 15.2. The van der Waals surface area contributed by atoms with E-state index in [1.54, 1.807) is 0 Å². The molecule has 130 valence electrons. The van der Waals surface area contributed by atoms with Gasteiger partial charge in [0.05, 0.1) is 20.1 Å². The third-order valence-corrected chi connectivity index (χ3v) is 5.28. The summed E-state index contributed by atoms with van der Waals surface area (Å²) in [7, 11) is 1.29. The van der Waals surface area contributed by atoms with Crippen LogP contribution in [0.5, 0.6) is 0 Å². The third-order valence-electron chi connectivity index (χ3n) is 5.28. The summed E-state index contributed by atoms with van der Waals surface area (Å²) in [4.78, 5) is 23.8. The largest absolute Gasteiger partial charge is 0.469 e. The highest BCUT2D eigenvalue weighted by Gasteiger charge is 2.42. The molecule has 0 heterocycles. The first kappa shape index (κ1) is 20.9. The number of amides is 1. The average Bonchev–Trinajstić information content (AvgIpc) is 2.50. The van der Waals surface area contributed by atoms with Gasteiger partial charge in [0.25, 0.3) is 5.91 Å². The van der Waals surface area contributed by atoms with E-state index in [1.807, 2.05) is 13.8 Å². The van der Waals surface area contributed by atoms with Crippen molar-refractivity contribution in [1.29, 1.82) is 0 Å². The molecule has 0 aromatic rings. The number of nitrogens with zero attached hydrogens (tertiary/aromatic N) is 1. The molecule has 0 aromatic heterocycles. The fourth-order valence-corrected chi connectivity index (χ4v) is 2.69. The van der Waals surface area contributed by atoms with Gasteiger partial charge in [-0.3, -0.25) is 14.8 Å². The van der Waals surface area contributed by atoms with E-state index in [2.05, 4.69) is 32.4 Å². The summed E-state index contributed by atoms with van der Waals surface area (Å²) in [5.74, 6) is -0.316. The molecule has 0 rings (SSSR count). The Morgan fingerprint density at radius 3 is 2.09 bits per heavy atom. The Hall–Kier alpha value is -1.10. The SMILES string of the molecule is CCC(C)(CC(C)(CC)C(C)C)C(=O)N(O)CCC(=O)OC. The highest BCUT2D eigenvalue weighted by atomic mass is 16.5. The van der Waals surface area contributed by atoms with E-state index in [-0.39, 0.29) is 24.3 Å². The van der Waals surface area contributed by atoms with Gasteiger partial charge in [0.1, 0.15) is 0 Å². The highest BCUT2D eigenvalue weighted by molar-refractivity contribution is 5.81. The molecular weight excluding hydrogens is 282 g/mol. The van der Waals surface area contributed by atoms with Gasteiger partial charge >= 0.3 is 5.97 Å². The molecule has 0 spiro atoms. The number of carbonyl (C=O) groups excluding carboxylic acids is 2. The third kappa shape index (κ3) is 5.27. The topological polar surface area (TPSA) is 66.8 Å². The van der Waals surface area contributed by atoms with E-state index in [1.165, 1.54) is 7.11 Å². The fourth-order valence-electron chi connectivity index (χ4n) is 2.69. The Morgan fingerprint density at radius 1 is 1.18 bits per heavy atom. The predicted octanol–water partition coefficient (Wildman–Crippen LogP) is 3.65. The van der Waals surface area contributed by atoms with Crippen LogP contribution in [0, 0.1) is 16.7 Å². The summed E-state index contributed by atoms with van der Waals surface area (Å²) in [5, 5.41) is 10.7. The van der Waals surface area contributed by atoms with Gasteiger partial charge in [-0.05, 0) is 24.2 Å². The van der Waals surface area contributed by atoms with Crippen LogP contribution in [0.2, 0.25) is 0 Å². The number of carbonyl (C=O) groups is 2. The first-order valence-electron chi connectivity index (χ1n) is 8.14. The van der Waals surface area contributed by atoms with Crippen molar-refractivity contribution in [3.05, 3.63) is 0 Å². The fraction of sp³-hybridized carbons (Fsp3) is 0.882. The Morgan fingerprint density at radius 2 is 1.73 bits per heavy atom. The van der Waals surface area contributed by atoms with Gasteiger partial charge in [-0.15, -0.1) is 0 Å². The molecule has 0 aromatic carbocycles. The lowest BCUT2D eigenvalue weighted by Crippen LogP contribution is -2.44. The first-order chi connectivity index (χ1) is 10.1. The zero-order valence-corrected chi connectivity index (χ0v) is 15.2. The maximum Gasteiger partial charge on any atom is 0.307 e. The van der Waals surface area contributed by atoms with Crippen LogP contribution >= 0.6 is 0 Å². The molecule has 0 saturated heterocycles. The Balaban J connectivity index is 5.04. The second kappa shape index (κ2) is 8.51. The first-order valence-corrected chi connectivity index (χ1v) is 8.14. The monoisotopic (exact) mass is 315 g/mol. The van der Waals surface area contributed by atoms with Crippen molar-refractivity contribution >= 4 is 11.9 Å². The van der Waals surface area contributed by atoms with Gasteiger partial charge in [-0.1, -0.05) is 48.0 Å². The quantitative estimate of drug-likeness (QED) is 0.401. The van der Waals surface area contributed by atoms with E-state index >= 15 is 0 Å². The molecule has 0 saturated carbocycles. The van der Waals surface area contributed by atoms with E-state index in [0.717, 1.165) is 6.42 Å². The minimum atomic E-state index is -0.639. The molecule has 0 aliphatic heterocycles. The van der Waals surface area contributed by atoms with Crippen molar-refractivity contribution in [2.24, 2.45) is 16.7 Å². The van der Waals surface area contributed by atoms with Crippen molar-refractivity contribution < 1.29 is 19.5 Å². The molecule has 0 aliphatic carbocycles. The number of methoxy groups -OCH3 is 1. The molecule has 0 aliphatic rings. The van der Waals surface area contributed by atoms with Gasteiger partial charge in [-0.2, -0.15) is 0 Å². The molecule has 2 atom stereocenters. The molecule has 0 bridgehead atoms. The Bertz CT molecular complexity index is 383. The number of hydrogen-bond acceptors (Lipinski definition) is 4. The van der Waals surface area contributed by atoms with Crippen LogP contribution in [0.15, 0.2) is 0 Å². The van der Waals surface area contributed by atoms with Crippen LogP contribution in [-0.2, 0) is 14.3 Å². The lowest BCUT2D eigenvalue weighted by Gasteiger charge is -2.41. The van der Waals surface area contributed by atoms with Crippen molar-refractivity contribution in [2.45, 2.75) is 67.2 Å². The number of esters is 1. The normalized spacial score (nSPS) is 16.8. The summed E-state index contributed by atoms with van der Waals surface area (Å²) in [5.41, 5.74) is -0.608. The minimum absolute atomic E-state index is 0.00619. The van der Waals surface area contributed by atoms with Crippen LogP contribution in [0.1, 0.15) is 67.2 Å². The van der Waals surface area contributed by atoms with Gasteiger partial charge < -0.3 is 4.74 Å². The van der Waals surface area contributed by atoms with Gasteiger partial charge in [0, 0.05) is 5.41 Å². The van der Waals surface area contributed by atoms with Crippen LogP contribution in [-0.4, -0.2) is 35.8 Å². The smallest absolute Gasteiger partial charge is 0.307 e. The van der Waals surface area contributed by atoms with Crippen LogP contribution in [0.25, 0.3) is 0 Å². The Labute approximate surface area is 135 Å². The number of rotatable bonds is 9. The predicted molar refractivity (Wildman–Crippen MR) is 86.4 cm³/mol. The molecule has 1 N–H and O–H groups in total. The van der Waals surface area contributed by atoms with E-state index < -0.39 is 11.4 Å². The van der Waals surface area contributed by atoms with E-state index in [4.69, 9.17) is 0 Å². The molecule has 0 radical (unpaired) electrons. The van der Waals surface area contributed by atoms with Crippen molar-refractivity contribution in [3.63, 3.8) is 0 Å². The lowest BCUT2D eigenvalue weighted by atomic mass is 9.65. The Kier molecular flexibility index (Phi) is 8.09.